The van der Waals surface area contributed by atoms with E-state index >= 15 is 0 Å². The Morgan fingerprint density at radius 3 is 2.67 bits per heavy atom. The molecule has 1 aromatic heterocycles. The lowest BCUT2D eigenvalue weighted by Gasteiger charge is -2.07. The molecule has 0 N–H and O–H groups in total. The molecule has 0 amide bonds. The molecule has 0 aliphatic rings. The summed E-state index contributed by atoms with van der Waals surface area (Å²) in [4.78, 5) is 23.4. The monoisotopic (exact) mass is 312 g/mol. The number of aromatic nitrogens is 2. The van der Waals surface area contributed by atoms with Gasteiger partial charge < -0.3 is 4.57 Å². The van der Waals surface area contributed by atoms with Crippen molar-refractivity contribution >= 4 is 15.9 Å². The third kappa shape index (κ3) is 2.59. The Balaban J connectivity index is 2.49. The highest BCUT2D eigenvalue weighted by atomic mass is 79.9. The maximum Gasteiger partial charge on any atom is 0.331 e. The SMILES string of the molecule is Cn1ccc(=O)n(Cc2cc(F)cc(Br)c2)c1=O. The zero-order valence-corrected chi connectivity index (χ0v) is 11.1. The fourth-order valence-corrected chi connectivity index (χ4v) is 2.16. The fourth-order valence-electron chi connectivity index (χ4n) is 1.64. The molecule has 4 nitrogen and oxygen atoms in total. The fraction of sp³-hybridized carbons (Fsp3) is 0.167. The van der Waals surface area contributed by atoms with Crippen molar-refractivity contribution in [2.75, 3.05) is 0 Å². The Hall–Kier alpha value is -1.69. The van der Waals surface area contributed by atoms with Crippen LogP contribution in [0.1, 0.15) is 5.56 Å². The molecule has 0 saturated heterocycles. The lowest BCUT2D eigenvalue weighted by molar-refractivity contribution is 0.612. The molecule has 0 unspecified atom stereocenters. The highest BCUT2D eigenvalue weighted by Crippen LogP contribution is 2.15. The Bertz CT molecular complexity index is 686. The van der Waals surface area contributed by atoms with Crippen molar-refractivity contribution in [1.82, 2.24) is 9.13 Å². The van der Waals surface area contributed by atoms with Crippen molar-refractivity contribution in [2.45, 2.75) is 6.54 Å². The van der Waals surface area contributed by atoms with E-state index < -0.39 is 17.1 Å². The normalized spacial score (nSPS) is 10.6. The van der Waals surface area contributed by atoms with Gasteiger partial charge in [0.15, 0.2) is 0 Å². The van der Waals surface area contributed by atoms with Crippen LogP contribution in [0.15, 0.2) is 44.5 Å². The molecule has 6 heteroatoms. The first kappa shape index (κ1) is 12.8. The molecule has 0 aliphatic heterocycles. The highest BCUT2D eigenvalue weighted by Gasteiger charge is 2.05. The summed E-state index contributed by atoms with van der Waals surface area (Å²) in [6, 6.07) is 5.58. The van der Waals surface area contributed by atoms with E-state index in [2.05, 4.69) is 15.9 Å². The second kappa shape index (κ2) is 4.89. The maximum absolute atomic E-state index is 13.2. The van der Waals surface area contributed by atoms with Gasteiger partial charge in [-0.15, -0.1) is 0 Å². The number of rotatable bonds is 2. The first-order valence-electron chi connectivity index (χ1n) is 5.19. The van der Waals surface area contributed by atoms with Crippen LogP contribution in [-0.4, -0.2) is 9.13 Å². The van der Waals surface area contributed by atoms with Crippen LogP contribution in [0.5, 0.6) is 0 Å². The molecule has 94 valence electrons. The molecule has 0 atom stereocenters. The summed E-state index contributed by atoms with van der Waals surface area (Å²) in [5.41, 5.74) is -0.284. The lowest BCUT2D eigenvalue weighted by atomic mass is 10.2. The number of nitrogens with zero attached hydrogens (tertiary/aromatic N) is 2. The predicted octanol–water partition coefficient (Wildman–Crippen LogP) is 1.50. The van der Waals surface area contributed by atoms with Crippen LogP contribution in [0.3, 0.4) is 0 Å². The van der Waals surface area contributed by atoms with Gasteiger partial charge in [0.05, 0.1) is 6.54 Å². The van der Waals surface area contributed by atoms with Crippen molar-refractivity contribution in [3.8, 4) is 0 Å². The average Bonchev–Trinajstić information content (AvgIpc) is 2.28. The first-order chi connectivity index (χ1) is 8.47. The van der Waals surface area contributed by atoms with Crippen LogP contribution in [0.2, 0.25) is 0 Å². The van der Waals surface area contributed by atoms with Gasteiger partial charge in [-0.1, -0.05) is 15.9 Å². The number of hydrogen-bond acceptors (Lipinski definition) is 2. The molecule has 1 aromatic carbocycles. The molecule has 0 radical (unpaired) electrons. The standard InChI is InChI=1S/C12H10BrFN2O2/c1-15-3-2-11(17)16(12(15)18)7-8-4-9(13)6-10(14)5-8/h2-6H,7H2,1H3. The summed E-state index contributed by atoms with van der Waals surface area (Å²) in [6.07, 6.45) is 1.41. The van der Waals surface area contributed by atoms with E-state index in [9.17, 15) is 14.0 Å². The second-order valence-electron chi connectivity index (χ2n) is 3.91. The Kier molecular flexibility index (Phi) is 3.47. The van der Waals surface area contributed by atoms with Gasteiger partial charge in [-0.05, 0) is 23.8 Å². The van der Waals surface area contributed by atoms with Gasteiger partial charge >= 0.3 is 5.69 Å². The lowest BCUT2D eigenvalue weighted by Crippen LogP contribution is -2.38. The smallest absolute Gasteiger partial charge is 0.303 e. The maximum atomic E-state index is 13.2. The molecular weight excluding hydrogens is 303 g/mol. The number of hydrogen-bond donors (Lipinski definition) is 0. The molecule has 18 heavy (non-hydrogen) atoms. The van der Waals surface area contributed by atoms with E-state index in [1.807, 2.05) is 0 Å². The zero-order valence-electron chi connectivity index (χ0n) is 9.56. The van der Waals surface area contributed by atoms with Crippen LogP contribution in [0, 0.1) is 5.82 Å². The quantitative estimate of drug-likeness (QED) is 0.843. The largest absolute Gasteiger partial charge is 0.331 e. The number of halogens is 2. The van der Waals surface area contributed by atoms with Crippen LogP contribution < -0.4 is 11.2 Å². The van der Waals surface area contributed by atoms with E-state index in [0.29, 0.717) is 10.0 Å². The molecule has 0 bridgehead atoms. The van der Waals surface area contributed by atoms with Crippen molar-refractivity contribution in [1.29, 1.82) is 0 Å². The predicted molar refractivity (Wildman–Crippen MR) is 69.1 cm³/mol. The van der Waals surface area contributed by atoms with Crippen LogP contribution in [-0.2, 0) is 13.6 Å². The Morgan fingerprint density at radius 2 is 2.00 bits per heavy atom. The van der Waals surface area contributed by atoms with Crippen molar-refractivity contribution in [2.24, 2.45) is 7.05 Å². The van der Waals surface area contributed by atoms with Gasteiger partial charge in [0.2, 0.25) is 0 Å². The van der Waals surface area contributed by atoms with E-state index in [0.717, 1.165) is 4.57 Å². The summed E-state index contributed by atoms with van der Waals surface area (Å²) in [6.45, 7) is 0.0444. The number of benzene rings is 1. The van der Waals surface area contributed by atoms with Gasteiger partial charge in [-0.25, -0.2) is 9.18 Å². The Morgan fingerprint density at radius 1 is 1.28 bits per heavy atom. The minimum atomic E-state index is -0.428. The first-order valence-corrected chi connectivity index (χ1v) is 5.98. The molecule has 2 aromatic rings. The Labute approximate surface area is 110 Å². The van der Waals surface area contributed by atoms with Gasteiger partial charge in [0, 0.05) is 23.8 Å². The zero-order chi connectivity index (χ0) is 13.3. The van der Waals surface area contributed by atoms with Gasteiger partial charge in [-0.2, -0.15) is 0 Å². The topological polar surface area (TPSA) is 44.0 Å². The van der Waals surface area contributed by atoms with Crippen LogP contribution >= 0.6 is 15.9 Å². The minimum Gasteiger partial charge on any atom is -0.303 e. The van der Waals surface area contributed by atoms with Gasteiger partial charge in [0.25, 0.3) is 5.56 Å². The van der Waals surface area contributed by atoms with Crippen LogP contribution in [0.4, 0.5) is 4.39 Å². The molecule has 0 saturated carbocycles. The molecule has 0 spiro atoms. The van der Waals surface area contributed by atoms with Crippen molar-refractivity contribution in [3.63, 3.8) is 0 Å². The summed E-state index contributed by atoms with van der Waals surface area (Å²) < 4.78 is 16.1. The summed E-state index contributed by atoms with van der Waals surface area (Å²) in [5.74, 6) is -0.417. The molecule has 1 heterocycles. The van der Waals surface area contributed by atoms with E-state index in [-0.39, 0.29) is 6.54 Å². The highest BCUT2D eigenvalue weighted by molar-refractivity contribution is 9.10. The minimum absolute atomic E-state index is 0.0444. The number of aryl methyl sites for hydroxylation is 1. The van der Waals surface area contributed by atoms with Crippen molar-refractivity contribution in [3.05, 3.63) is 67.2 Å². The van der Waals surface area contributed by atoms with E-state index in [1.54, 1.807) is 13.1 Å². The van der Waals surface area contributed by atoms with Gasteiger partial charge in [0.1, 0.15) is 5.82 Å². The molecular formula is C12H10BrFN2O2. The summed E-state index contributed by atoms with van der Waals surface area (Å²) >= 11 is 3.17. The summed E-state index contributed by atoms with van der Waals surface area (Å²) in [5, 5.41) is 0. The third-order valence-electron chi connectivity index (χ3n) is 2.50. The summed E-state index contributed by atoms with van der Waals surface area (Å²) in [7, 11) is 1.56. The van der Waals surface area contributed by atoms with E-state index in [4.69, 9.17) is 0 Å². The van der Waals surface area contributed by atoms with Crippen molar-refractivity contribution < 1.29 is 4.39 Å². The van der Waals surface area contributed by atoms with E-state index in [1.165, 1.54) is 29.0 Å². The van der Waals surface area contributed by atoms with Gasteiger partial charge in [-0.3, -0.25) is 9.36 Å². The third-order valence-corrected chi connectivity index (χ3v) is 2.96. The van der Waals surface area contributed by atoms with Crippen LogP contribution in [0.25, 0.3) is 0 Å². The average molecular weight is 313 g/mol. The molecule has 0 aliphatic carbocycles. The second-order valence-corrected chi connectivity index (χ2v) is 4.83. The molecule has 2 rings (SSSR count). The molecule has 0 fully saturated rings.